The zero-order chi connectivity index (χ0) is 20.1. The van der Waals surface area contributed by atoms with E-state index in [1.165, 1.54) is 36.0 Å². The summed E-state index contributed by atoms with van der Waals surface area (Å²) in [5, 5.41) is 7.21. The maximum atomic E-state index is 4.46. The van der Waals surface area contributed by atoms with Crippen molar-refractivity contribution in [2.75, 3.05) is 26.7 Å². The number of nitrogens with one attached hydrogen (secondary N) is 2. The molecule has 0 radical (unpaired) electrons. The number of hydrogen-bond donors (Lipinski definition) is 2. The van der Waals surface area contributed by atoms with Crippen LogP contribution in [0.5, 0.6) is 0 Å². The van der Waals surface area contributed by atoms with E-state index in [0.29, 0.717) is 12.0 Å². The molecule has 2 atom stereocenters. The van der Waals surface area contributed by atoms with Crippen molar-refractivity contribution in [1.29, 1.82) is 0 Å². The molecule has 1 saturated carbocycles. The molecule has 2 unspecified atom stereocenters. The Bertz CT molecular complexity index is 809. The lowest BCUT2D eigenvalue weighted by atomic mass is 10.0. The number of nitrogens with zero attached hydrogens (tertiary/aromatic N) is 2. The van der Waals surface area contributed by atoms with Crippen LogP contribution in [0.4, 0.5) is 0 Å². The Labute approximate surface area is 175 Å². The molecule has 4 nitrogen and oxygen atoms in total. The Kier molecular flexibility index (Phi) is 6.50. The largest absolute Gasteiger partial charge is 0.356 e. The lowest BCUT2D eigenvalue weighted by Crippen LogP contribution is -2.48. The van der Waals surface area contributed by atoms with Crippen molar-refractivity contribution in [2.24, 2.45) is 10.9 Å². The fourth-order valence-electron chi connectivity index (χ4n) is 4.46. The molecule has 2 fully saturated rings. The molecule has 2 aromatic rings. The van der Waals surface area contributed by atoms with E-state index in [1.807, 2.05) is 7.05 Å². The molecule has 154 valence electrons. The van der Waals surface area contributed by atoms with E-state index in [1.54, 1.807) is 0 Å². The molecule has 0 aromatic heterocycles. The van der Waals surface area contributed by atoms with Gasteiger partial charge in [0, 0.05) is 39.3 Å². The topological polar surface area (TPSA) is 39.7 Å². The number of piperidine rings is 1. The summed E-state index contributed by atoms with van der Waals surface area (Å²) in [6.07, 6.45) is 3.62. The maximum absolute atomic E-state index is 4.46. The van der Waals surface area contributed by atoms with Crippen molar-refractivity contribution >= 4 is 5.96 Å². The summed E-state index contributed by atoms with van der Waals surface area (Å²) >= 11 is 0. The molecule has 0 amide bonds. The number of likely N-dealkylation sites (tertiary alicyclic amines) is 1. The first-order valence-electron chi connectivity index (χ1n) is 11.0. The van der Waals surface area contributed by atoms with Crippen LogP contribution >= 0.6 is 0 Å². The van der Waals surface area contributed by atoms with E-state index in [9.17, 15) is 0 Å². The lowest BCUT2D eigenvalue weighted by molar-refractivity contribution is 0.198. The average molecular weight is 391 g/mol. The Hall–Kier alpha value is -2.33. The summed E-state index contributed by atoms with van der Waals surface area (Å²) in [6.45, 7) is 6.56. The zero-order valence-electron chi connectivity index (χ0n) is 17.8. The van der Waals surface area contributed by atoms with Crippen LogP contribution in [0.3, 0.4) is 0 Å². The summed E-state index contributed by atoms with van der Waals surface area (Å²) in [5.41, 5.74) is 4.32. The fraction of sp³-hybridized carbons (Fsp3) is 0.480. The van der Waals surface area contributed by atoms with Crippen molar-refractivity contribution in [3.05, 3.63) is 71.3 Å². The van der Waals surface area contributed by atoms with Crippen LogP contribution in [-0.4, -0.2) is 43.6 Å². The van der Waals surface area contributed by atoms with Crippen molar-refractivity contribution < 1.29 is 0 Å². The summed E-state index contributed by atoms with van der Waals surface area (Å²) in [5.74, 6) is 2.40. The maximum Gasteiger partial charge on any atom is 0.191 e. The number of rotatable bonds is 6. The molecular weight excluding hydrogens is 356 g/mol. The fourth-order valence-corrected chi connectivity index (χ4v) is 4.46. The number of benzene rings is 2. The number of hydrogen-bond acceptors (Lipinski definition) is 2. The molecule has 2 aliphatic rings. The zero-order valence-corrected chi connectivity index (χ0v) is 17.8. The monoisotopic (exact) mass is 390 g/mol. The third-order valence-electron chi connectivity index (χ3n) is 6.49. The standard InChI is InChI=1S/C25H34N4/c1-19-8-6-7-11-21(19)18-29-14-12-23(13-15-29)28-25(26-2)27-17-22-16-24(22)20-9-4-3-5-10-20/h3-11,22-24H,12-18H2,1-2H3,(H2,26,27,28). The molecule has 1 aliphatic heterocycles. The summed E-state index contributed by atoms with van der Waals surface area (Å²) < 4.78 is 0. The van der Waals surface area contributed by atoms with Crippen molar-refractivity contribution in [3.63, 3.8) is 0 Å². The molecule has 1 aliphatic carbocycles. The third-order valence-corrected chi connectivity index (χ3v) is 6.49. The highest BCUT2D eigenvalue weighted by Crippen LogP contribution is 2.46. The van der Waals surface area contributed by atoms with Crippen LogP contribution < -0.4 is 10.6 Å². The molecular formula is C25H34N4. The van der Waals surface area contributed by atoms with Gasteiger partial charge in [-0.3, -0.25) is 9.89 Å². The Morgan fingerprint density at radius 2 is 1.76 bits per heavy atom. The van der Waals surface area contributed by atoms with Gasteiger partial charge >= 0.3 is 0 Å². The van der Waals surface area contributed by atoms with Crippen molar-refractivity contribution in [2.45, 2.75) is 44.7 Å². The van der Waals surface area contributed by atoms with Crippen LogP contribution in [-0.2, 0) is 6.54 Å². The van der Waals surface area contributed by atoms with Crippen LogP contribution in [0.25, 0.3) is 0 Å². The van der Waals surface area contributed by atoms with E-state index in [2.05, 4.69) is 82.0 Å². The minimum absolute atomic E-state index is 0.512. The van der Waals surface area contributed by atoms with Gasteiger partial charge in [0.1, 0.15) is 0 Å². The van der Waals surface area contributed by atoms with Crippen molar-refractivity contribution in [3.8, 4) is 0 Å². The molecule has 1 heterocycles. The molecule has 29 heavy (non-hydrogen) atoms. The first-order valence-corrected chi connectivity index (χ1v) is 11.0. The molecule has 4 rings (SSSR count). The molecule has 4 heteroatoms. The highest BCUT2D eigenvalue weighted by atomic mass is 15.2. The van der Waals surface area contributed by atoms with Crippen LogP contribution in [0.2, 0.25) is 0 Å². The number of guanidine groups is 1. The average Bonchev–Trinajstić information content (AvgIpc) is 3.54. The Morgan fingerprint density at radius 3 is 2.48 bits per heavy atom. The van der Waals surface area contributed by atoms with Gasteiger partial charge in [-0.2, -0.15) is 0 Å². The van der Waals surface area contributed by atoms with Gasteiger partial charge < -0.3 is 10.6 Å². The number of aliphatic imine (C=N–C) groups is 1. The molecule has 1 saturated heterocycles. The predicted molar refractivity (Wildman–Crippen MR) is 121 cm³/mol. The smallest absolute Gasteiger partial charge is 0.191 e. The van der Waals surface area contributed by atoms with Crippen LogP contribution in [0.1, 0.15) is 41.9 Å². The van der Waals surface area contributed by atoms with Gasteiger partial charge in [-0.1, -0.05) is 54.6 Å². The second-order valence-electron chi connectivity index (χ2n) is 8.59. The minimum Gasteiger partial charge on any atom is -0.356 e. The highest BCUT2D eigenvalue weighted by molar-refractivity contribution is 5.80. The van der Waals surface area contributed by atoms with E-state index in [-0.39, 0.29) is 0 Å². The van der Waals surface area contributed by atoms with Gasteiger partial charge in [-0.25, -0.2) is 0 Å². The molecule has 2 N–H and O–H groups in total. The van der Waals surface area contributed by atoms with E-state index >= 15 is 0 Å². The minimum atomic E-state index is 0.512. The Morgan fingerprint density at radius 1 is 1.03 bits per heavy atom. The van der Waals surface area contributed by atoms with Crippen LogP contribution in [0.15, 0.2) is 59.6 Å². The molecule has 0 bridgehead atoms. The van der Waals surface area contributed by atoms with E-state index in [0.717, 1.165) is 38.1 Å². The first-order chi connectivity index (χ1) is 14.2. The summed E-state index contributed by atoms with van der Waals surface area (Å²) in [6, 6.07) is 20.1. The molecule has 2 aromatic carbocycles. The SMILES string of the molecule is CN=C(NCC1CC1c1ccccc1)NC1CCN(Cc2ccccc2C)CC1. The van der Waals surface area contributed by atoms with Gasteiger partial charge in [-0.05, 0) is 54.7 Å². The Balaban J connectivity index is 1.18. The third kappa shape index (κ3) is 5.39. The van der Waals surface area contributed by atoms with E-state index < -0.39 is 0 Å². The normalized spacial score (nSPS) is 23.0. The second-order valence-corrected chi connectivity index (χ2v) is 8.59. The summed E-state index contributed by atoms with van der Waals surface area (Å²) in [4.78, 5) is 7.03. The highest BCUT2D eigenvalue weighted by Gasteiger charge is 2.37. The number of aryl methyl sites for hydroxylation is 1. The molecule has 0 spiro atoms. The van der Waals surface area contributed by atoms with Gasteiger partial charge in [0.15, 0.2) is 5.96 Å². The predicted octanol–water partition coefficient (Wildman–Crippen LogP) is 3.93. The van der Waals surface area contributed by atoms with Gasteiger partial charge in [-0.15, -0.1) is 0 Å². The van der Waals surface area contributed by atoms with Gasteiger partial charge in [0.2, 0.25) is 0 Å². The van der Waals surface area contributed by atoms with Gasteiger partial charge in [0.05, 0.1) is 0 Å². The first kappa shape index (κ1) is 20.0. The van der Waals surface area contributed by atoms with E-state index in [4.69, 9.17) is 0 Å². The second kappa shape index (κ2) is 9.45. The lowest BCUT2D eigenvalue weighted by Gasteiger charge is -2.33. The quantitative estimate of drug-likeness (QED) is 0.580. The van der Waals surface area contributed by atoms with Crippen molar-refractivity contribution in [1.82, 2.24) is 15.5 Å². The van der Waals surface area contributed by atoms with Crippen LogP contribution in [0, 0.1) is 12.8 Å². The summed E-state index contributed by atoms with van der Waals surface area (Å²) in [7, 11) is 1.88. The van der Waals surface area contributed by atoms with Gasteiger partial charge in [0.25, 0.3) is 0 Å².